The summed E-state index contributed by atoms with van der Waals surface area (Å²) < 4.78 is 43.0. The van der Waals surface area contributed by atoms with Crippen molar-refractivity contribution in [1.29, 1.82) is 0 Å². The molecule has 228 valence electrons. The second-order valence-corrected chi connectivity index (χ2v) is 12.5. The minimum atomic E-state index is -3.46. The van der Waals surface area contributed by atoms with Crippen LogP contribution < -0.4 is 10.1 Å². The Kier molecular flexibility index (Phi) is 8.80. The quantitative estimate of drug-likeness (QED) is 0.273. The Morgan fingerprint density at radius 3 is 2.21 bits per heavy atom. The van der Waals surface area contributed by atoms with E-state index < -0.39 is 56.1 Å². The fraction of sp³-hybridized carbons (Fsp3) is 0.379. The van der Waals surface area contributed by atoms with Gasteiger partial charge in [-0.05, 0) is 61.1 Å². The summed E-state index contributed by atoms with van der Waals surface area (Å²) in [6.45, 7) is 0.762. The number of methoxy groups -OCH3 is 1. The molecule has 1 saturated carbocycles. The number of carboxylic acid groups (broad SMARTS) is 2. The van der Waals surface area contributed by atoms with E-state index in [0.29, 0.717) is 55.8 Å². The van der Waals surface area contributed by atoms with Crippen molar-refractivity contribution >= 4 is 33.5 Å². The maximum atomic E-state index is 13.7. The van der Waals surface area contributed by atoms with Crippen LogP contribution in [0.25, 0.3) is 0 Å². The number of aromatic nitrogens is 2. The third-order valence-corrected chi connectivity index (χ3v) is 9.59. The maximum absolute atomic E-state index is 13.7. The highest BCUT2D eigenvalue weighted by atomic mass is 32.2. The van der Waals surface area contributed by atoms with Crippen LogP contribution in [0.2, 0.25) is 0 Å². The van der Waals surface area contributed by atoms with Crippen molar-refractivity contribution in [2.75, 3.05) is 25.6 Å². The number of rotatable bonds is 12. The first-order chi connectivity index (χ1) is 20.6. The summed E-state index contributed by atoms with van der Waals surface area (Å²) in [6, 6.07) is 12.5. The number of nitrogens with one attached hydrogen (secondary N) is 1. The lowest BCUT2D eigenvalue weighted by molar-refractivity contribution is -0.136. The van der Waals surface area contributed by atoms with E-state index in [4.69, 9.17) is 14.2 Å². The number of amides is 1. The molecular formula is C29H31N3O10S. The van der Waals surface area contributed by atoms with Crippen LogP contribution in [0.1, 0.15) is 63.8 Å². The van der Waals surface area contributed by atoms with Crippen LogP contribution in [0, 0.1) is 0 Å². The third-order valence-electron chi connectivity index (χ3n) is 7.31. The van der Waals surface area contributed by atoms with Crippen LogP contribution in [0.15, 0.2) is 53.4 Å². The normalized spacial score (nSPS) is 16.4. The highest BCUT2D eigenvalue weighted by molar-refractivity contribution is 7.92. The van der Waals surface area contributed by atoms with Crippen LogP contribution in [-0.2, 0) is 30.7 Å². The van der Waals surface area contributed by atoms with E-state index in [-0.39, 0.29) is 17.5 Å². The summed E-state index contributed by atoms with van der Waals surface area (Å²) >= 11 is 0. The summed E-state index contributed by atoms with van der Waals surface area (Å²) in [6.07, 6.45) is 0.604. The molecule has 13 nitrogen and oxygen atoms in total. The highest BCUT2D eigenvalue weighted by Crippen LogP contribution is 2.34. The number of nitrogens with zero attached hydrogens (tertiary/aromatic N) is 2. The lowest BCUT2D eigenvalue weighted by atomic mass is 10.1. The van der Waals surface area contributed by atoms with E-state index in [2.05, 4.69) is 10.4 Å². The zero-order valence-corrected chi connectivity index (χ0v) is 24.1. The summed E-state index contributed by atoms with van der Waals surface area (Å²) in [5.41, 5.74) is -0.352. The summed E-state index contributed by atoms with van der Waals surface area (Å²) in [4.78, 5) is 38.2. The van der Waals surface area contributed by atoms with Gasteiger partial charge in [0.1, 0.15) is 11.3 Å². The summed E-state index contributed by atoms with van der Waals surface area (Å²) in [7, 11) is -1.96. The second kappa shape index (κ2) is 12.5. The van der Waals surface area contributed by atoms with E-state index in [9.17, 15) is 33.0 Å². The van der Waals surface area contributed by atoms with Crippen LogP contribution in [0.5, 0.6) is 5.75 Å². The van der Waals surface area contributed by atoms with E-state index >= 15 is 0 Å². The Hall–Kier alpha value is -4.27. The number of carbonyl (C=O) groups excluding carboxylic acids is 1. The first kappa shape index (κ1) is 30.2. The first-order valence-electron chi connectivity index (χ1n) is 13.7. The first-order valence-corrected chi connectivity index (χ1v) is 15.2. The number of carbonyl (C=O) groups is 3. The van der Waals surface area contributed by atoms with Gasteiger partial charge in [-0.25, -0.2) is 18.0 Å². The Balaban J connectivity index is 1.46. The maximum Gasteiger partial charge on any atom is 0.355 e. The van der Waals surface area contributed by atoms with Gasteiger partial charge in [-0.3, -0.25) is 9.48 Å². The molecule has 0 bridgehead atoms. The molecule has 1 amide bonds. The smallest absolute Gasteiger partial charge is 0.355 e. The fourth-order valence-corrected chi connectivity index (χ4v) is 6.53. The van der Waals surface area contributed by atoms with Crippen molar-refractivity contribution < 1.29 is 47.2 Å². The second-order valence-electron chi connectivity index (χ2n) is 10.3. The molecule has 1 atom stereocenters. The van der Waals surface area contributed by atoms with Crippen molar-refractivity contribution in [2.45, 2.75) is 54.6 Å². The van der Waals surface area contributed by atoms with Gasteiger partial charge in [0.25, 0.3) is 5.91 Å². The van der Waals surface area contributed by atoms with Gasteiger partial charge in [0.05, 0.1) is 29.9 Å². The lowest BCUT2D eigenvalue weighted by Crippen LogP contribution is -2.31. The van der Waals surface area contributed by atoms with Crippen LogP contribution in [0.3, 0.4) is 0 Å². The minimum absolute atomic E-state index is 0.0965. The molecule has 14 heteroatoms. The molecule has 1 unspecified atom stereocenters. The average Bonchev–Trinajstić information content (AvgIpc) is 3.80. The monoisotopic (exact) mass is 613 g/mol. The van der Waals surface area contributed by atoms with Gasteiger partial charge in [0.15, 0.2) is 27.5 Å². The molecule has 2 aliphatic rings. The molecule has 1 saturated heterocycles. The molecule has 3 aromatic rings. The standard InChI is InChI=1S/C29H31N3O10S/c1-40-19-6-2-17(3-7-19)16-32-24(29(36)37)23(28(34)35)26(31-32)30-27(33)25(42-20-12-14-41-15-13-20)18-4-8-21(9-5-18)43(38,39)22-10-11-22/h2-9,20,22,25H,10-16H2,1H3,(H,34,35)(H,36,37)(H,30,31,33). The van der Waals surface area contributed by atoms with Crippen LogP contribution >= 0.6 is 0 Å². The van der Waals surface area contributed by atoms with E-state index in [1.807, 2.05) is 0 Å². The molecule has 2 fully saturated rings. The predicted octanol–water partition coefficient (Wildman–Crippen LogP) is 3.15. The largest absolute Gasteiger partial charge is 0.497 e. The number of ether oxygens (including phenoxy) is 3. The van der Waals surface area contributed by atoms with Crippen molar-refractivity contribution in [3.8, 4) is 5.75 Å². The van der Waals surface area contributed by atoms with Gasteiger partial charge in [0, 0.05) is 13.2 Å². The van der Waals surface area contributed by atoms with Gasteiger partial charge < -0.3 is 29.7 Å². The Morgan fingerprint density at radius 1 is 1.00 bits per heavy atom. The molecule has 3 N–H and O–H groups in total. The molecular weight excluding hydrogens is 582 g/mol. The molecule has 1 aliphatic heterocycles. The number of aromatic carboxylic acids is 2. The van der Waals surface area contributed by atoms with Crippen molar-refractivity contribution in [3.63, 3.8) is 0 Å². The average molecular weight is 614 g/mol. The molecule has 2 heterocycles. The van der Waals surface area contributed by atoms with Crippen molar-refractivity contribution in [2.24, 2.45) is 0 Å². The van der Waals surface area contributed by atoms with Gasteiger partial charge in [-0.2, -0.15) is 5.10 Å². The number of benzene rings is 2. The third kappa shape index (κ3) is 6.71. The minimum Gasteiger partial charge on any atom is -0.497 e. The zero-order chi connectivity index (χ0) is 30.7. The summed E-state index contributed by atoms with van der Waals surface area (Å²) in [5, 5.41) is 26.1. The van der Waals surface area contributed by atoms with E-state index in [0.717, 1.165) is 4.68 Å². The topological polar surface area (TPSA) is 183 Å². The molecule has 0 radical (unpaired) electrons. The number of carboxylic acids is 2. The number of hydrogen-bond donors (Lipinski definition) is 3. The molecule has 1 aromatic heterocycles. The van der Waals surface area contributed by atoms with Crippen molar-refractivity contribution in [1.82, 2.24) is 9.78 Å². The summed E-state index contributed by atoms with van der Waals surface area (Å²) in [5.74, 6) is -3.81. The molecule has 0 spiro atoms. The van der Waals surface area contributed by atoms with Crippen LogP contribution in [-0.4, -0.2) is 77.9 Å². The molecule has 1 aliphatic carbocycles. The number of anilines is 1. The molecule has 2 aromatic carbocycles. The van der Waals surface area contributed by atoms with Gasteiger partial charge >= 0.3 is 11.9 Å². The highest BCUT2D eigenvalue weighted by Gasteiger charge is 2.37. The Labute approximate surface area is 247 Å². The number of hydrogen-bond acceptors (Lipinski definition) is 9. The Bertz CT molecular complexity index is 1610. The number of sulfone groups is 1. The predicted molar refractivity (Wildman–Crippen MR) is 151 cm³/mol. The zero-order valence-electron chi connectivity index (χ0n) is 23.3. The van der Waals surface area contributed by atoms with Gasteiger partial charge in [0.2, 0.25) is 0 Å². The SMILES string of the molecule is COc1ccc(Cn2nc(NC(=O)C(OC3CCOCC3)c3ccc(S(=O)(=O)C4CC4)cc3)c(C(=O)O)c2C(=O)O)cc1. The van der Waals surface area contributed by atoms with E-state index in [1.165, 1.54) is 31.4 Å². The Morgan fingerprint density at radius 2 is 1.65 bits per heavy atom. The molecule has 5 rings (SSSR count). The molecule has 43 heavy (non-hydrogen) atoms. The van der Waals surface area contributed by atoms with E-state index in [1.54, 1.807) is 24.3 Å². The fourth-order valence-electron chi connectivity index (χ4n) is 4.87. The van der Waals surface area contributed by atoms with Gasteiger partial charge in [-0.1, -0.05) is 24.3 Å². The van der Waals surface area contributed by atoms with Crippen molar-refractivity contribution in [3.05, 3.63) is 70.9 Å². The van der Waals surface area contributed by atoms with Gasteiger partial charge in [-0.15, -0.1) is 0 Å². The van der Waals surface area contributed by atoms with Crippen LogP contribution in [0.4, 0.5) is 5.82 Å². The lowest BCUT2D eigenvalue weighted by Gasteiger charge is -2.27.